The van der Waals surface area contributed by atoms with E-state index in [0.29, 0.717) is 5.91 Å². The molecule has 1 unspecified atom stereocenters. The zero-order chi connectivity index (χ0) is 10.3. The van der Waals surface area contributed by atoms with Crippen LogP contribution in [0.25, 0.3) is 0 Å². The summed E-state index contributed by atoms with van der Waals surface area (Å²) in [6, 6.07) is 0. The van der Waals surface area contributed by atoms with Crippen molar-refractivity contribution >= 4 is 5.91 Å². The van der Waals surface area contributed by atoms with Crippen molar-refractivity contribution < 1.29 is 4.79 Å². The van der Waals surface area contributed by atoms with Crippen LogP contribution in [0.15, 0.2) is 0 Å². The molecule has 2 heterocycles. The second-order valence-electron chi connectivity index (χ2n) is 5.51. The van der Waals surface area contributed by atoms with E-state index in [0.717, 1.165) is 44.9 Å². The van der Waals surface area contributed by atoms with Crippen LogP contribution in [-0.4, -0.2) is 37.0 Å². The Labute approximate surface area is 91.2 Å². The predicted molar refractivity (Wildman–Crippen MR) is 58.5 cm³/mol. The number of nitrogens with one attached hydrogen (secondary N) is 1. The minimum atomic E-state index is -0.00681. The number of rotatable bonds is 2. The first-order valence-electron chi connectivity index (χ1n) is 6.30. The van der Waals surface area contributed by atoms with Crippen LogP contribution in [-0.2, 0) is 4.79 Å². The van der Waals surface area contributed by atoms with Gasteiger partial charge in [0.2, 0.25) is 5.91 Å². The van der Waals surface area contributed by atoms with Gasteiger partial charge in [-0.2, -0.15) is 0 Å². The Morgan fingerprint density at radius 1 is 1.40 bits per heavy atom. The van der Waals surface area contributed by atoms with E-state index in [-0.39, 0.29) is 5.41 Å². The molecule has 0 bridgehead atoms. The van der Waals surface area contributed by atoms with E-state index >= 15 is 0 Å². The molecular weight excluding hydrogens is 188 g/mol. The van der Waals surface area contributed by atoms with Crippen LogP contribution >= 0.6 is 0 Å². The number of amides is 1. The fraction of sp³-hybridized carbons (Fsp3) is 0.917. The molecule has 1 atom stereocenters. The predicted octanol–water partition coefficient (Wildman–Crippen LogP) is 0.998. The lowest BCUT2D eigenvalue weighted by atomic mass is 9.78. The van der Waals surface area contributed by atoms with Gasteiger partial charge in [0.1, 0.15) is 0 Å². The first-order chi connectivity index (χ1) is 7.30. The molecule has 3 aliphatic rings. The smallest absolute Gasteiger partial charge is 0.230 e. The average molecular weight is 208 g/mol. The molecule has 0 radical (unpaired) electrons. The second-order valence-corrected chi connectivity index (χ2v) is 5.51. The molecule has 2 saturated heterocycles. The van der Waals surface area contributed by atoms with E-state index < -0.39 is 0 Å². The largest absolute Gasteiger partial charge is 0.342 e. The summed E-state index contributed by atoms with van der Waals surface area (Å²) in [7, 11) is 0. The summed E-state index contributed by atoms with van der Waals surface area (Å²) < 4.78 is 0. The number of carbonyl (C=O) groups excluding carboxylic acids is 1. The van der Waals surface area contributed by atoms with Crippen LogP contribution in [0, 0.1) is 11.3 Å². The van der Waals surface area contributed by atoms with Gasteiger partial charge in [0, 0.05) is 19.6 Å². The van der Waals surface area contributed by atoms with Gasteiger partial charge in [-0.15, -0.1) is 0 Å². The van der Waals surface area contributed by atoms with Gasteiger partial charge in [0.25, 0.3) is 0 Å². The number of carbonyl (C=O) groups is 1. The van der Waals surface area contributed by atoms with Crippen LogP contribution in [0.1, 0.15) is 32.1 Å². The maximum absolute atomic E-state index is 12.4. The lowest BCUT2D eigenvalue weighted by Crippen LogP contribution is -2.50. The number of likely N-dealkylation sites (tertiary alicyclic amines) is 1. The third-order valence-electron chi connectivity index (χ3n) is 4.24. The summed E-state index contributed by atoms with van der Waals surface area (Å²) >= 11 is 0. The first kappa shape index (κ1) is 9.64. The van der Waals surface area contributed by atoms with Gasteiger partial charge in [-0.05, 0) is 44.6 Å². The Balaban J connectivity index is 1.71. The van der Waals surface area contributed by atoms with Gasteiger partial charge in [-0.1, -0.05) is 0 Å². The van der Waals surface area contributed by atoms with Crippen molar-refractivity contribution in [2.75, 3.05) is 26.2 Å². The van der Waals surface area contributed by atoms with Gasteiger partial charge in [-0.25, -0.2) is 0 Å². The minimum Gasteiger partial charge on any atom is -0.342 e. The van der Waals surface area contributed by atoms with E-state index in [4.69, 9.17) is 0 Å². The monoisotopic (exact) mass is 208 g/mol. The molecule has 3 rings (SSSR count). The second kappa shape index (κ2) is 3.48. The molecule has 3 heteroatoms. The van der Waals surface area contributed by atoms with E-state index in [9.17, 15) is 4.79 Å². The highest BCUT2D eigenvalue weighted by Gasteiger charge is 2.46. The molecule has 3 nitrogen and oxygen atoms in total. The molecule has 2 aliphatic heterocycles. The van der Waals surface area contributed by atoms with E-state index in [1.54, 1.807) is 0 Å². The van der Waals surface area contributed by atoms with Crippen molar-refractivity contribution in [3.8, 4) is 0 Å². The van der Waals surface area contributed by atoms with Crippen LogP contribution in [0.4, 0.5) is 0 Å². The highest BCUT2D eigenvalue weighted by atomic mass is 16.2. The molecule has 84 valence electrons. The molecular formula is C12H20N2O. The average Bonchev–Trinajstić information content (AvgIpc) is 2.92. The highest BCUT2D eigenvalue weighted by Crippen LogP contribution is 2.39. The lowest BCUT2D eigenvalue weighted by Gasteiger charge is -2.39. The Morgan fingerprint density at radius 3 is 2.93 bits per heavy atom. The molecule has 1 aliphatic carbocycles. The summed E-state index contributed by atoms with van der Waals surface area (Å²) in [6.45, 7) is 4.01. The van der Waals surface area contributed by atoms with Gasteiger partial charge >= 0.3 is 0 Å². The summed E-state index contributed by atoms with van der Waals surface area (Å²) in [6.07, 6.45) is 6.07. The molecule has 1 N–H and O–H groups in total. The van der Waals surface area contributed by atoms with Crippen LogP contribution < -0.4 is 5.32 Å². The summed E-state index contributed by atoms with van der Waals surface area (Å²) in [4.78, 5) is 14.5. The van der Waals surface area contributed by atoms with Crippen molar-refractivity contribution in [1.29, 1.82) is 0 Å². The quantitative estimate of drug-likeness (QED) is 0.734. The number of nitrogens with zero attached hydrogens (tertiary/aromatic N) is 1. The number of hydrogen-bond donors (Lipinski definition) is 1. The van der Waals surface area contributed by atoms with Crippen molar-refractivity contribution in [1.82, 2.24) is 10.2 Å². The van der Waals surface area contributed by atoms with Crippen LogP contribution in [0.3, 0.4) is 0 Å². The number of piperidine rings is 1. The zero-order valence-corrected chi connectivity index (χ0v) is 9.30. The SMILES string of the molecule is O=C1N(CC2CC2)CCCC12CCNC2. The Morgan fingerprint density at radius 2 is 2.27 bits per heavy atom. The van der Waals surface area contributed by atoms with Crippen molar-refractivity contribution in [2.24, 2.45) is 11.3 Å². The Kier molecular flexibility index (Phi) is 2.23. The van der Waals surface area contributed by atoms with Gasteiger partial charge in [-0.3, -0.25) is 4.79 Å². The molecule has 0 aromatic carbocycles. The van der Waals surface area contributed by atoms with Crippen LogP contribution in [0.2, 0.25) is 0 Å². The maximum atomic E-state index is 12.4. The summed E-state index contributed by atoms with van der Waals surface area (Å²) in [5.41, 5.74) is -0.00681. The van der Waals surface area contributed by atoms with E-state index in [2.05, 4.69) is 10.2 Å². The summed E-state index contributed by atoms with van der Waals surface area (Å²) in [5, 5.41) is 3.36. The Bertz CT molecular complexity index is 267. The summed E-state index contributed by atoms with van der Waals surface area (Å²) in [5.74, 6) is 1.28. The molecule has 15 heavy (non-hydrogen) atoms. The van der Waals surface area contributed by atoms with Gasteiger partial charge < -0.3 is 10.2 Å². The van der Waals surface area contributed by atoms with Gasteiger partial charge in [0.15, 0.2) is 0 Å². The molecule has 1 amide bonds. The normalized spacial score (nSPS) is 36.5. The minimum absolute atomic E-state index is 0.00681. The molecule has 0 aromatic rings. The molecule has 0 aromatic heterocycles. The molecule has 1 saturated carbocycles. The lowest BCUT2D eigenvalue weighted by molar-refractivity contribution is -0.145. The van der Waals surface area contributed by atoms with Crippen molar-refractivity contribution in [3.05, 3.63) is 0 Å². The standard InChI is InChI=1S/C12H20N2O/c15-11-12(5-6-13-9-12)4-1-7-14(11)8-10-2-3-10/h10,13H,1-9H2. The fourth-order valence-electron chi connectivity index (χ4n) is 3.08. The topological polar surface area (TPSA) is 32.3 Å². The van der Waals surface area contributed by atoms with Gasteiger partial charge in [0.05, 0.1) is 5.41 Å². The number of hydrogen-bond acceptors (Lipinski definition) is 2. The van der Waals surface area contributed by atoms with Crippen LogP contribution in [0.5, 0.6) is 0 Å². The fourth-order valence-corrected chi connectivity index (χ4v) is 3.08. The van der Waals surface area contributed by atoms with Crippen molar-refractivity contribution in [3.63, 3.8) is 0 Å². The van der Waals surface area contributed by atoms with E-state index in [1.807, 2.05) is 0 Å². The third kappa shape index (κ3) is 1.67. The zero-order valence-electron chi connectivity index (χ0n) is 9.30. The highest BCUT2D eigenvalue weighted by molar-refractivity contribution is 5.84. The third-order valence-corrected chi connectivity index (χ3v) is 4.24. The molecule has 3 fully saturated rings. The first-order valence-corrected chi connectivity index (χ1v) is 6.30. The Hall–Kier alpha value is -0.570. The van der Waals surface area contributed by atoms with Crippen molar-refractivity contribution in [2.45, 2.75) is 32.1 Å². The molecule has 1 spiro atoms. The van der Waals surface area contributed by atoms with E-state index in [1.165, 1.54) is 19.3 Å². The maximum Gasteiger partial charge on any atom is 0.230 e.